The molecule has 1 aromatic rings. The average Bonchev–Trinajstić information content (AvgIpc) is 2.38. The number of nitro groups is 1. The van der Waals surface area contributed by atoms with Gasteiger partial charge < -0.3 is 14.8 Å². The third kappa shape index (κ3) is 4.14. The van der Waals surface area contributed by atoms with Gasteiger partial charge in [-0.1, -0.05) is 11.6 Å². The number of nitrogens with zero attached hydrogens (tertiary/aromatic N) is 1. The lowest BCUT2D eigenvalue weighted by atomic mass is 10.2. The summed E-state index contributed by atoms with van der Waals surface area (Å²) in [5, 5.41) is 14.6. The summed E-state index contributed by atoms with van der Waals surface area (Å²) in [6.07, 6.45) is 0.120. The molecule has 0 spiro atoms. The molecule has 1 aliphatic heterocycles. The molecule has 1 aromatic carbocycles. The van der Waals surface area contributed by atoms with E-state index in [2.05, 4.69) is 5.32 Å². The smallest absolute Gasteiger partial charge is 0.275 e. The van der Waals surface area contributed by atoms with E-state index in [9.17, 15) is 10.1 Å². The molecule has 2 atom stereocenters. The van der Waals surface area contributed by atoms with E-state index in [0.717, 1.165) is 13.1 Å². The van der Waals surface area contributed by atoms with Crippen LogP contribution in [0.1, 0.15) is 12.5 Å². The lowest BCUT2D eigenvalue weighted by Gasteiger charge is -2.28. The van der Waals surface area contributed by atoms with E-state index in [1.54, 1.807) is 6.07 Å². The molecule has 1 aliphatic rings. The summed E-state index contributed by atoms with van der Waals surface area (Å²) in [5.74, 6) is 0. The first kappa shape index (κ1) is 15.2. The normalized spacial score (nSPS) is 22.7. The van der Waals surface area contributed by atoms with Crippen LogP contribution in [0.25, 0.3) is 0 Å². The molecule has 2 rings (SSSR count). The Labute approximate surface area is 122 Å². The second-order valence-electron chi connectivity index (χ2n) is 4.77. The zero-order chi connectivity index (χ0) is 14.5. The first-order chi connectivity index (χ1) is 9.56. The predicted octanol–water partition coefficient (Wildman–Crippen LogP) is 2.14. The summed E-state index contributed by atoms with van der Waals surface area (Å²) in [6, 6.07) is 4.45. The summed E-state index contributed by atoms with van der Waals surface area (Å²) in [4.78, 5) is 10.5. The number of benzene rings is 1. The van der Waals surface area contributed by atoms with Crippen molar-refractivity contribution in [1.29, 1.82) is 0 Å². The molecule has 0 aromatic heterocycles. The molecule has 20 heavy (non-hydrogen) atoms. The maximum absolute atomic E-state index is 10.9. The Kier molecular flexibility index (Phi) is 5.31. The van der Waals surface area contributed by atoms with Crippen molar-refractivity contribution in [3.05, 3.63) is 38.9 Å². The summed E-state index contributed by atoms with van der Waals surface area (Å²) in [7, 11) is 0. The van der Waals surface area contributed by atoms with E-state index in [4.69, 9.17) is 21.1 Å². The van der Waals surface area contributed by atoms with Crippen LogP contribution in [0.5, 0.6) is 0 Å². The van der Waals surface area contributed by atoms with Gasteiger partial charge >= 0.3 is 0 Å². The average molecular weight is 301 g/mol. The number of nitrogens with one attached hydrogen (secondary N) is 1. The number of hydrogen-bond donors (Lipinski definition) is 1. The maximum Gasteiger partial charge on any atom is 0.275 e. The molecular formula is C13H17ClN2O4. The Morgan fingerprint density at radius 3 is 3.05 bits per heavy atom. The van der Waals surface area contributed by atoms with Gasteiger partial charge in [-0.2, -0.15) is 0 Å². The van der Waals surface area contributed by atoms with Crippen molar-refractivity contribution in [2.24, 2.45) is 0 Å². The third-order valence-corrected chi connectivity index (χ3v) is 3.26. The van der Waals surface area contributed by atoms with Gasteiger partial charge in [-0.3, -0.25) is 10.1 Å². The zero-order valence-corrected chi connectivity index (χ0v) is 11.9. The number of morpholine rings is 1. The van der Waals surface area contributed by atoms with Crippen LogP contribution in [0.2, 0.25) is 5.02 Å². The van der Waals surface area contributed by atoms with E-state index in [0.29, 0.717) is 17.2 Å². The van der Waals surface area contributed by atoms with E-state index < -0.39 is 4.92 Å². The van der Waals surface area contributed by atoms with E-state index in [1.165, 1.54) is 12.1 Å². The Bertz CT molecular complexity index is 483. The van der Waals surface area contributed by atoms with Crippen molar-refractivity contribution in [2.75, 3.05) is 19.7 Å². The molecule has 1 fully saturated rings. The van der Waals surface area contributed by atoms with Crippen molar-refractivity contribution >= 4 is 17.3 Å². The van der Waals surface area contributed by atoms with Gasteiger partial charge in [0.1, 0.15) is 0 Å². The number of nitro benzene ring substituents is 1. The van der Waals surface area contributed by atoms with Crippen molar-refractivity contribution in [3.8, 4) is 0 Å². The van der Waals surface area contributed by atoms with E-state index in [1.807, 2.05) is 6.92 Å². The van der Waals surface area contributed by atoms with Crippen molar-refractivity contribution < 1.29 is 14.4 Å². The summed E-state index contributed by atoms with van der Waals surface area (Å²) in [5.41, 5.74) is 0.491. The molecular weight excluding hydrogens is 284 g/mol. The number of halogens is 1. The lowest BCUT2D eigenvalue weighted by molar-refractivity contribution is -0.386. The molecule has 110 valence electrons. The predicted molar refractivity (Wildman–Crippen MR) is 75.0 cm³/mol. The van der Waals surface area contributed by atoms with Crippen LogP contribution in [-0.2, 0) is 16.1 Å². The molecule has 0 saturated carbocycles. The fourth-order valence-corrected chi connectivity index (χ4v) is 2.31. The fraction of sp³-hybridized carbons (Fsp3) is 0.538. The molecule has 1 N–H and O–H groups in total. The molecule has 0 radical (unpaired) electrons. The van der Waals surface area contributed by atoms with Crippen LogP contribution < -0.4 is 5.32 Å². The second kappa shape index (κ2) is 6.99. The van der Waals surface area contributed by atoms with Gasteiger partial charge in [0.2, 0.25) is 0 Å². The van der Waals surface area contributed by atoms with Crippen LogP contribution in [-0.4, -0.2) is 36.8 Å². The fourth-order valence-electron chi connectivity index (χ4n) is 2.12. The van der Waals surface area contributed by atoms with Crippen LogP contribution in [0.4, 0.5) is 5.69 Å². The highest BCUT2D eigenvalue weighted by Gasteiger charge is 2.20. The molecule has 6 nitrogen and oxygen atoms in total. The summed E-state index contributed by atoms with van der Waals surface area (Å²) >= 11 is 5.86. The highest BCUT2D eigenvalue weighted by atomic mass is 35.5. The Balaban J connectivity index is 1.90. The topological polar surface area (TPSA) is 73.6 Å². The first-order valence-corrected chi connectivity index (χ1v) is 6.81. The van der Waals surface area contributed by atoms with Gasteiger partial charge in [0, 0.05) is 24.2 Å². The minimum atomic E-state index is -0.435. The van der Waals surface area contributed by atoms with Crippen LogP contribution in [0.3, 0.4) is 0 Å². The van der Waals surface area contributed by atoms with Crippen molar-refractivity contribution in [2.45, 2.75) is 25.7 Å². The van der Waals surface area contributed by atoms with Gasteiger partial charge in [0.05, 0.1) is 35.9 Å². The second-order valence-corrected chi connectivity index (χ2v) is 5.21. The quantitative estimate of drug-likeness (QED) is 0.666. The van der Waals surface area contributed by atoms with Gasteiger partial charge in [-0.15, -0.1) is 0 Å². The third-order valence-electron chi connectivity index (χ3n) is 3.03. The maximum atomic E-state index is 10.9. The minimum absolute atomic E-state index is 0.0189. The summed E-state index contributed by atoms with van der Waals surface area (Å²) in [6.45, 7) is 4.07. The van der Waals surface area contributed by atoms with Gasteiger partial charge in [0.25, 0.3) is 5.69 Å². The molecule has 2 unspecified atom stereocenters. The molecule has 7 heteroatoms. The van der Waals surface area contributed by atoms with Crippen LogP contribution in [0, 0.1) is 10.1 Å². The van der Waals surface area contributed by atoms with Gasteiger partial charge in [0.15, 0.2) is 0 Å². The van der Waals surface area contributed by atoms with Crippen molar-refractivity contribution in [1.82, 2.24) is 5.32 Å². The van der Waals surface area contributed by atoms with E-state index >= 15 is 0 Å². The highest BCUT2D eigenvalue weighted by Crippen LogP contribution is 2.23. The summed E-state index contributed by atoms with van der Waals surface area (Å²) < 4.78 is 11.2. The molecule has 1 saturated heterocycles. The zero-order valence-electron chi connectivity index (χ0n) is 11.2. The van der Waals surface area contributed by atoms with Gasteiger partial charge in [-0.25, -0.2) is 0 Å². The van der Waals surface area contributed by atoms with Crippen LogP contribution in [0.15, 0.2) is 18.2 Å². The Hall–Kier alpha value is -1.21. The van der Waals surface area contributed by atoms with Crippen LogP contribution >= 0.6 is 11.6 Å². The number of hydrogen-bond acceptors (Lipinski definition) is 5. The lowest BCUT2D eigenvalue weighted by Crippen LogP contribution is -2.45. The number of ether oxygens (including phenoxy) is 2. The standard InChI is InChI=1S/C13H17ClN2O4/c1-9-5-15-6-12(20-9)8-19-7-10-4-11(14)2-3-13(10)16(17)18/h2-4,9,12,15H,5-8H2,1H3. The van der Waals surface area contributed by atoms with E-state index in [-0.39, 0.29) is 24.5 Å². The molecule has 0 aliphatic carbocycles. The Morgan fingerprint density at radius 2 is 2.35 bits per heavy atom. The SMILES string of the molecule is CC1CNCC(COCc2cc(Cl)ccc2[N+](=O)[O-])O1. The minimum Gasteiger partial charge on any atom is -0.374 e. The number of rotatable bonds is 5. The molecule has 0 amide bonds. The monoisotopic (exact) mass is 300 g/mol. The first-order valence-electron chi connectivity index (χ1n) is 6.43. The molecule has 1 heterocycles. The highest BCUT2D eigenvalue weighted by molar-refractivity contribution is 6.30. The Morgan fingerprint density at radius 1 is 1.55 bits per heavy atom. The van der Waals surface area contributed by atoms with Gasteiger partial charge in [-0.05, 0) is 19.1 Å². The van der Waals surface area contributed by atoms with Crippen molar-refractivity contribution in [3.63, 3.8) is 0 Å². The largest absolute Gasteiger partial charge is 0.374 e. The molecule has 0 bridgehead atoms.